The van der Waals surface area contributed by atoms with E-state index >= 15 is 0 Å². The molecule has 2 aromatic heterocycles. The summed E-state index contributed by atoms with van der Waals surface area (Å²) in [4.78, 5) is 25.6. The van der Waals surface area contributed by atoms with E-state index in [1.165, 1.54) is 16.0 Å². The highest BCUT2D eigenvalue weighted by molar-refractivity contribution is 9.11. The molecule has 24 heavy (non-hydrogen) atoms. The Hall–Kier alpha value is -2.32. The number of carbonyl (C=O) groups excluding carboxylic acids is 1. The van der Waals surface area contributed by atoms with Crippen LogP contribution < -0.4 is 11.0 Å². The van der Waals surface area contributed by atoms with Gasteiger partial charge >= 0.3 is 0 Å². The summed E-state index contributed by atoms with van der Waals surface area (Å²) in [5.74, 6) is -0.458. The van der Waals surface area contributed by atoms with Gasteiger partial charge in [0.25, 0.3) is 11.5 Å². The predicted molar refractivity (Wildman–Crippen MR) is 98.8 cm³/mol. The molecule has 8 heteroatoms. The van der Waals surface area contributed by atoms with E-state index in [9.17, 15) is 9.59 Å². The summed E-state index contributed by atoms with van der Waals surface area (Å²) in [5, 5.41) is 9.09. The summed E-state index contributed by atoms with van der Waals surface area (Å²) in [6.07, 6.45) is 1.56. The summed E-state index contributed by atoms with van der Waals surface area (Å²) in [7, 11) is 0. The van der Waals surface area contributed by atoms with Crippen molar-refractivity contribution in [3.8, 4) is 0 Å². The van der Waals surface area contributed by atoms with Gasteiger partial charge in [0.05, 0.1) is 15.4 Å². The zero-order valence-corrected chi connectivity index (χ0v) is 15.1. The number of carbonyl (C=O) groups is 1. The molecule has 0 aliphatic heterocycles. The second-order valence-electron chi connectivity index (χ2n) is 4.86. The van der Waals surface area contributed by atoms with Gasteiger partial charge in [-0.3, -0.25) is 9.59 Å². The average Bonchev–Trinajstić information content (AvgIpc) is 3.00. The van der Waals surface area contributed by atoms with Crippen molar-refractivity contribution >= 4 is 50.2 Å². The molecule has 1 amide bonds. The maximum absolute atomic E-state index is 12.4. The molecule has 122 valence electrons. The number of aryl methyl sites for hydroxylation is 1. The van der Waals surface area contributed by atoms with Crippen LogP contribution in [0.1, 0.15) is 22.3 Å². The molecule has 1 aromatic carbocycles. The van der Waals surface area contributed by atoms with Crippen molar-refractivity contribution in [3.63, 3.8) is 0 Å². The Morgan fingerprint density at radius 1 is 1.33 bits per heavy atom. The number of fused-ring (bicyclic) bond motifs is 1. The Morgan fingerprint density at radius 3 is 2.75 bits per heavy atom. The van der Waals surface area contributed by atoms with Gasteiger partial charge in [0.1, 0.15) is 0 Å². The highest BCUT2D eigenvalue weighted by atomic mass is 79.9. The van der Waals surface area contributed by atoms with Crippen LogP contribution in [0, 0.1) is 0 Å². The smallest absolute Gasteiger partial charge is 0.267 e. The van der Waals surface area contributed by atoms with Crippen LogP contribution in [0.4, 0.5) is 0 Å². The number of amides is 1. The van der Waals surface area contributed by atoms with Gasteiger partial charge in [0.2, 0.25) is 0 Å². The number of aromatic nitrogens is 2. The quantitative estimate of drug-likeness (QED) is 0.536. The normalized spacial score (nSPS) is 11.2. The highest BCUT2D eigenvalue weighted by Crippen LogP contribution is 2.20. The van der Waals surface area contributed by atoms with Crippen LogP contribution in [0.2, 0.25) is 0 Å². The number of hydrogen-bond acceptors (Lipinski definition) is 5. The lowest BCUT2D eigenvalue weighted by atomic mass is 10.1. The predicted octanol–water partition coefficient (Wildman–Crippen LogP) is 3.00. The molecule has 6 nitrogen and oxygen atoms in total. The van der Waals surface area contributed by atoms with Gasteiger partial charge in [-0.1, -0.05) is 18.2 Å². The third-order valence-corrected chi connectivity index (χ3v) is 4.89. The molecule has 0 saturated heterocycles. The monoisotopic (exact) mass is 404 g/mol. The summed E-state index contributed by atoms with van der Waals surface area (Å²) >= 11 is 4.87. The lowest BCUT2D eigenvalue weighted by Gasteiger charge is -2.08. The fraction of sp³-hybridized carbons (Fsp3) is 0.125. The van der Waals surface area contributed by atoms with Crippen molar-refractivity contribution in [3.05, 3.63) is 61.1 Å². The minimum atomic E-state index is -0.458. The number of thiophene rings is 1. The molecule has 0 fully saturated rings. The maximum Gasteiger partial charge on any atom is 0.292 e. The van der Waals surface area contributed by atoms with Crippen molar-refractivity contribution in [2.24, 2.45) is 5.10 Å². The minimum Gasteiger partial charge on any atom is -0.267 e. The third-order valence-electron chi connectivity index (χ3n) is 3.33. The third kappa shape index (κ3) is 3.29. The Morgan fingerprint density at radius 2 is 2.08 bits per heavy atom. The van der Waals surface area contributed by atoms with E-state index < -0.39 is 5.91 Å². The Kier molecular flexibility index (Phi) is 4.86. The van der Waals surface area contributed by atoms with Gasteiger partial charge in [-0.25, -0.2) is 10.1 Å². The molecule has 0 aliphatic rings. The summed E-state index contributed by atoms with van der Waals surface area (Å²) in [5.41, 5.74) is 2.43. The van der Waals surface area contributed by atoms with E-state index in [4.69, 9.17) is 0 Å². The Balaban J connectivity index is 1.93. The van der Waals surface area contributed by atoms with E-state index in [0.717, 1.165) is 8.66 Å². The lowest BCUT2D eigenvalue weighted by Crippen LogP contribution is -2.28. The molecule has 0 unspecified atom stereocenters. The SMILES string of the molecule is CCn1nc(C(=O)N/N=C\c2ccc(Br)s2)c2ccccc2c1=O. The van der Waals surface area contributed by atoms with Crippen LogP contribution >= 0.6 is 27.3 Å². The van der Waals surface area contributed by atoms with Gasteiger partial charge < -0.3 is 0 Å². The molecule has 3 aromatic rings. The summed E-state index contributed by atoms with van der Waals surface area (Å²) < 4.78 is 2.26. The van der Waals surface area contributed by atoms with Crippen molar-refractivity contribution < 1.29 is 4.79 Å². The molecule has 2 heterocycles. The highest BCUT2D eigenvalue weighted by Gasteiger charge is 2.15. The molecule has 0 radical (unpaired) electrons. The molecule has 0 spiro atoms. The molecule has 0 saturated carbocycles. The first-order valence-corrected chi connectivity index (χ1v) is 8.79. The van der Waals surface area contributed by atoms with E-state index in [1.807, 2.05) is 12.1 Å². The Labute approximate surface area is 149 Å². The van der Waals surface area contributed by atoms with Crippen molar-refractivity contribution in [1.82, 2.24) is 15.2 Å². The average molecular weight is 405 g/mol. The number of benzene rings is 1. The molecule has 3 rings (SSSR count). The van der Waals surface area contributed by atoms with Crippen LogP contribution in [-0.4, -0.2) is 21.9 Å². The fourth-order valence-corrected chi connectivity index (χ4v) is 3.52. The fourth-order valence-electron chi connectivity index (χ4n) is 2.22. The molecule has 0 aliphatic carbocycles. The zero-order chi connectivity index (χ0) is 17.1. The maximum atomic E-state index is 12.4. The number of rotatable bonds is 4. The van der Waals surface area contributed by atoms with Crippen LogP contribution in [0.15, 0.2) is 50.1 Å². The molecule has 0 atom stereocenters. The van der Waals surface area contributed by atoms with Crippen molar-refractivity contribution in [2.45, 2.75) is 13.5 Å². The molecular formula is C16H13BrN4O2S. The number of nitrogens with zero attached hydrogens (tertiary/aromatic N) is 3. The second-order valence-corrected chi connectivity index (χ2v) is 7.35. The first-order chi connectivity index (χ1) is 11.6. The number of halogens is 1. The first kappa shape index (κ1) is 16.5. The van der Waals surface area contributed by atoms with Crippen LogP contribution in [-0.2, 0) is 6.54 Å². The van der Waals surface area contributed by atoms with Gasteiger partial charge in [-0.2, -0.15) is 10.2 Å². The topological polar surface area (TPSA) is 76.3 Å². The zero-order valence-electron chi connectivity index (χ0n) is 12.7. The van der Waals surface area contributed by atoms with Gasteiger partial charge in [-0.15, -0.1) is 11.3 Å². The molecular weight excluding hydrogens is 392 g/mol. The Bertz CT molecular complexity index is 993. The lowest BCUT2D eigenvalue weighted by molar-refractivity contribution is 0.0949. The first-order valence-electron chi connectivity index (χ1n) is 7.18. The van der Waals surface area contributed by atoms with Crippen LogP contribution in [0.3, 0.4) is 0 Å². The van der Waals surface area contributed by atoms with Crippen LogP contribution in [0.25, 0.3) is 10.8 Å². The second kappa shape index (κ2) is 7.06. The molecule has 1 N–H and O–H groups in total. The number of hydrogen-bond donors (Lipinski definition) is 1. The van der Waals surface area contributed by atoms with Crippen molar-refractivity contribution in [1.29, 1.82) is 0 Å². The summed E-state index contributed by atoms with van der Waals surface area (Å²) in [6.45, 7) is 2.19. The van der Waals surface area contributed by atoms with Gasteiger partial charge in [-0.05, 0) is 41.1 Å². The van der Waals surface area contributed by atoms with E-state index in [0.29, 0.717) is 17.3 Å². The van der Waals surface area contributed by atoms with E-state index in [2.05, 4.69) is 31.6 Å². The number of hydrazone groups is 1. The van der Waals surface area contributed by atoms with E-state index in [-0.39, 0.29) is 11.3 Å². The largest absolute Gasteiger partial charge is 0.292 e. The standard InChI is InChI=1S/C16H13BrN4O2S/c1-2-21-16(23)12-6-4-3-5-11(12)14(20-21)15(22)19-18-9-10-7-8-13(17)24-10/h3-9H,2H2,1H3,(H,19,22)/b18-9-. The number of nitrogens with one attached hydrogen (secondary N) is 1. The van der Waals surface area contributed by atoms with Crippen LogP contribution in [0.5, 0.6) is 0 Å². The van der Waals surface area contributed by atoms with E-state index in [1.54, 1.807) is 37.4 Å². The van der Waals surface area contributed by atoms with Gasteiger partial charge in [0.15, 0.2) is 5.69 Å². The summed E-state index contributed by atoms with van der Waals surface area (Å²) in [6, 6.07) is 10.7. The molecule has 0 bridgehead atoms. The van der Waals surface area contributed by atoms with Crippen molar-refractivity contribution in [2.75, 3.05) is 0 Å². The minimum absolute atomic E-state index is 0.177. The van der Waals surface area contributed by atoms with Gasteiger partial charge in [0, 0.05) is 16.8 Å².